The Hall–Kier alpha value is -1.66. The largest absolute Gasteiger partial charge is 0.324 e. The number of nitrogens with one attached hydrogen (secondary N) is 1. The van der Waals surface area contributed by atoms with Crippen molar-refractivity contribution in [2.45, 2.75) is 33.2 Å². The summed E-state index contributed by atoms with van der Waals surface area (Å²) in [5.41, 5.74) is 6.64. The van der Waals surface area contributed by atoms with Crippen LogP contribution in [-0.4, -0.2) is 16.9 Å². The Kier molecular flexibility index (Phi) is 5.47. The number of carbonyl (C=O) groups excluding carboxylic acids is 1. The Bertz CT molecular complexity index is 534. The van der Waals surface area contributed by atoms with E-state index < -0.39 is 11.0 Å². The molecular weight excluding hydrogens is 282 g/mol. The second kappa shape index (κ2) is 6.67. The van der Waals surface area contributed by atoms with Crippen LogP contribution >= 0.6 is 11.6 Å². The Labute approximate surface area is 122 Å². The first-order chi connectivity index (χ1) is 9.27. The highest BCUT2D eigenvalue weighted by Gasteiger charge is 2.21. The third-order valence-electron chi connectivity index (χ3n) is 3.31. The van der Waals surface area contributed by atoms with E-state index >= 15 is 0 Å². The molecule has 110 valence electrons. The standard InChI is InChI=1S/C13H18ClN3O3/c1-4-7(2)12(15)13(18)16-10-6-9(14)11(17(19)20)5-8(10)3/h5-7,12H,4,15H2,1-3H3,(H,16,18). The van der Waals surface area contributed by atoms with E-state index in [0.29, 0.717) is 11.3 Å². The predicted octanol–water partition coefficient (Wildman–Crippen LogP) is 2.87. The number of nitro benzene ring substituents is 1. The molecular formula is C13H18ClN3O3. The van der Waals surface area contributed by atoms with Gasteiger partial charge >= 0.3 is 0 Å². The minimum atomic E-state index is -0.631. The molecule has 1 rings (SSSR count). The second-order valence-corrected chi connectivity index (χ2v) is 5.18. The number of nitrogens with two attached hydrogens (primary N) is 1. The van der Waals surface area contributed by atoms with Gasteiger partial charge in [0.05, 0.1) is 11.0 Å². The minimum absolute atomic E-state index is 0.0204. The Morgan fingerprint density at radius 2 is 2.15 bits per heavy atom. The van der Waals surface area contributed by atoms with E-state index in [0.717, 1.165) is 6.42 Å². The molecule has 0 aliphatic rings. The zero-order valence-electron chi connectivity index (χ0n) is 11.6. The Morgan fingerprint density at radius 3 is 2.65 bits per heavy atom. The lowest BCUT2D eigenvalue weighted by Gasteiger charge is -2.18. The number of hydrogen-bond donors (Lipinski definition) is 2. The highest BCUT2D eigenvalue weighted by Crippen LogP contribution is 2.30. The number of nitro groups is 1. The molecule has 2 unspecified atom stereocenters. The van der Waals surface area contributed by atoms with Crippen LogP contribution in [0, 0.1) is 23.0 Å². The molecule has 0 saturated heterocycles. The predicted molar refractivity (Wildman–Crippen MR) is 78.9 cm³/mol. The average molecular weight is 300 g/mol. The van der Waals surface area contributed by atoms with Gasteiger partial charge in [0.15, 0.2) is 0 Å². The topological polar surface area (TPSA) is 98.3 Å². The molecule has 1 amide bonds. The molecule has 20 heavy (non-hydrogen) atoms. The lowest BCUT2D eigenvalue weighted by molar-refractivity contribution is -0.384. The van der Waals surface area contributed by atoms with Gasteiger partial charge in [0.2, 0.25) is 5.91 Å². The van der Waals surface area contributed by atoms with Crippen molar-refractivity contribution >= 4 is 28.9 Å². The maximum atomic E-state index is 12.0. The number of carbonyl (C=O) groups is 1. The summed E-state index contributed by atoms with van der Waals surface area (Å²) >= 11 is 5.82. The van der Waals surface area contributed by atoms with Crippen LogP contribution in [0.2, 0.25) is 5.02 Å². The molecule has 1 aromatic carbocycles. The van der Waals surface area contributed by atoms with Crippen LogP contribution in [-0.2, 0) is 4.79 Å². The molecule has 7 heteroatoms. The molecule has 3 N–H and O–H groups in total. The van der Waals surface area contributed by atoms with Gasteiger partial charge in [0.1, 0.15) is 5.02 Å². The van der Waals surface area contributed by atoms with Crippen molar-refractivity contribution in [2.24, 2.45) is 11.7 Å². The van der Waals surface area contributed by atoms with Crippen molar-refractivity contribution in [3.05, 3.63) is 32.8 Å². The van der Waals surface area contributed by atoms with E-state index in [1.165, 1.54) is 12.1 Å². The van der Waals surface area contributed by atoms with Gasteiger partial charge in [0.25, 0.3) is 5.69 Å². The number of hydrogen-bond acceptors (Lipinski definition) is 4. The van der Waals surface area contributed by atoms with Gasteiger partial charge in [-0.2, -0.15) is 0 Å². The molecule has 0 aromatic heterocycles. The maximum absolute atomic E-state index is 12.0. The molecule has 1 aromatic rings. The maximum Gasteiger partial charge on any atom is 0.288 e. The number of amides is 1. The molecule has 0 heterocycles. The fraction of sp³-hybridized carbons (Fsp3) is 0.462. The summed E-state index contributed by atoms with van der Waals surface area (Å²) in [7, 11) is 0. The van der Waals surface area contributed by atoms with Gasteiger partial charge in [-0.25, -0.2) is 0 Å². The summed E-state index contributed by atoms with van der Waals surface area (Å²) in [6.45, 7) is 5.50. The van der Waals surface area contributed by atoms with Crippen molar-refractivity contribution in [1.29, 1.82) is 0 Å². The van der Waals surface area contributed by atoms with E-state index in [4.69, 9.17) is 17.3 Å². The van der Waals surface area contributed by atoms with Crippen molar-refractivity contribution in [3.63, 3.8) is 0 Å². The Balaban J connectivity index is 2.97. The van der Waals surface area contributed by atoms with Gasteiger partial charge < -0.3 is 11.1 Å². The Morgan fingerprint density at radius 1 is 1.55 bits per heavy atom. The normalized spacial score (nSPS) is 13.7. The summed E-state index contributed by atoms with van der Waals surface area (Å²) in [5, 5.41) is 13.4. The SMILES string of the molecule is CCC(C)C(N)C(=O)Nc1cc(Cl)c([N+](=O)[O-])cc1C. The molecule has 0 spiro atoms. The van der Waals surface area contributed by atoms with Crippen molar-refractivity contribution < 1.29 is 9.72 Å². The average Bonchev–Trinajstić information content (AvgIpc) is 2.40. The quantitative estimate of drug-likeness (QED) is 0.645. The number of nitrogens with zero attached hydrogens (tertiary/aromatic N) is 1. The van der Waals surface area contributed by atoms with Crippen LogP contribution in [0.15, 0.2) is 12.1 Å². The van der Waals surface area contributed by atoms with Crippen LogP contribution in [0.3, 0.4) is 0 Å². The summed E-state index contributed by atoms with van der Waals surface area (Å²) in [6, 6.07) is 2.07. The van der Waals surface area contributed by atoms with Crippen LogP contribution in [0.1, 0.15) is 25.8 Å². The first kappa shape index (κ1) is 16.4. The summed E-state index contributed by atoms with van der Waals surface area (Å²) < 4.78 is 0. The van der Waals surface area contributed by atoms with E-state index in [1.54, 1.807) is 6.92 Å². The van der Waals surface area contributed by atoms with Crippen LogP contribution in [0.25, 0.3) is 0 Å². The van der Waals surface area contributed by atoms with Crippen LogP contribution < -0.4 is 11.1 Å². The van der Waals surface area contributed by atoms with E-state index in [2.05, 4.69) is 5.32 Å². The zero-order valence-corrected chi connectivity index (χ0v) is 12.4. The van der Waals surface area contributed by atoms with Crippen LogP contribution in [0.5, 0.6) is 0 Å². The van der Waals surface area contributed by atoms with Gasteiger partial charge in [-0.15, -0.1) is 0 Å². The smallest absolute Gasteiger partial charge is 0.288 e. The van der Waals surface area contributed by atoms with E-state index in [-0.39, 0.29) is 22.5 Å². The highest BCUT2D eigenvalue weighted by molar-refractivity contribution is 6.33. The van der Waals surface area contributed by atoms with Gasteiger partial charge in [-0.05, 0) is 24.5 Å². The first-order valence-electron chi connectivity index (χ1n) is 6.28. The second-order valence-electron chi connectivity index (χ2n) is 4.78. The summed E-state index contributed by atoms with van der Waals surface area (Å²) in [5.74, 6) is -0.281. The molecule has 0 bridgehead atoms. The third-order valence-corrected chi connectivity index (χ3v) is 3.61. The van der Waals surface area contributed by atoms with Crippen LogP contribution in [0.4, 0.5) is 11.4 Å². The zero-order chi connectivity index (χ0) is 15.4. The summed E-state index contributed by atoms with van der Waals surface area (Å²) in [4.78, 5) is 22.2. The summed E-state index contributed by atoms with van der Waals surface area (Å²) in [6.07, 6.45) is 0.786. The number of rotatable bonds is 5. The highest BCUT2D eigenvalue weighted by atomic mass is 35.5. The number of halogens is 1. The molecule has 2 atom stereocenters. The first-order valence-corrected chi connectivity index (χ1v) is 6.66. The monoisotopic (exact) mass is 299 g/mol. The van der Waals surface area contributed by atoms with Crippen molar-refractivity contribution in [3.8, 4) is 0 Å². The van der Waals surface area contributed by atoms with E-state index in [1.807, 2.05) is 13.8 Å². The van der Waals surface area contributed by atoms with Crippen molar-refractivity contribution in [1.82, 2.24) is 0 Å². The van der Waals surface area contributed by atoms with Gasteiger partial charge in [-0.1, -0.05) is 31.9 Å². The minimum Gasteiger partial charge on any atom is -0.324 e. The fourth-order valence-electron chi connectivity index (χ4n) is 1.67. The molecule has 6 nitrogen and oxygen atoms in total. The molecule has 0 fully saturated rings. The number of anilines is 1. The number of benzene rings is 1. The lowest BCUT2D eigenvalue weighted by Crippen LogP contribution is -2.40. The van der Waals surface area contributed by atoms with Crippen molar-refractivity contribution in [2.75, 3.05) is 5.32 Å². The number of aryl methyl sites for hydroxylation is 1. The van der Waals surface area contributed by atoms with Gasteiger partial charge in [0, 0.05) is 11.8 Å². The molecule has 0 saturated carbocycles. The van der Waals surface area contributed by atoms with E-state index in [9.17, 15) is 14.9 Å². The molecule has 0 aliphatic heterocycles. The molecule has 0 radical (unpaired) electrons. The van der Waals surface area contributed by atoms with Gasteiger partial charge in [-0.3, -0.25) is 14.9 Å². The fourth-order valence-corrected chi connectivity index (χ4v) is 1.90. The third kappa shape index (κ3) is 3.68. The molecule has 0 aliphatic carbocycles. The lowest BCUT2D eigenvalue weighted by atomic mass is 9.99.